The van der Waals surface area contributed by atoms with Gasteiger partial charge >= 0.3 is 5.97 Å². The quantitative estimate of drug-likeness (QED) is 0.188. The van der Waals surface area contributed by atoms with Crippen LogP contribution in [0.3, 0.4) is 0 Å². The van der Waals surface area contributed by atoms with E-state index in [0.717, 1.165) is 5.56 Å². The van der Waals surface area contributed by atoms with Crippen LogP contribution in [-0.4, -0.2) is 82.1 Å². The summed E-state index contributed by atoms with van der Waals surface area (Å²) in [5, 5.41) is 20.3. The Kier molecular flexibility index (Phi) is 11.6. The summed E-state index contributed by atoms with van der Waals surface area (Å²) < 4.78 is 11.0. The Morgan fingerprint density at radius 1 is 0.848 bits per heavy atom. The minimum absolute atomic E-state index is 0.180. The Morgan fingerprint density at radius 2 is 1.52 bits per heavy atom. The molecule has 1 heterocycles. The first-order valence-electron chi connectivity index (χ1n) is 14.8. The van der Waals surface area contributed by atoms with Gasteiger partial charge in [-0.2, -0.15) is 0 Å². The Labute approximate surface area is 267 Å². The molecule has 4 aromatic rings. The lowest BCUT2D eigenvalue weighted by Crippen LogP contribution is -2.46. The minimum atomic E-state index is -1.10. The lowest BCUT2D eigenvalue weighted by molar-refractivity contribution is -0.138. The highest BCUT2D eigenvalue weighted by Crippen LogP contribution is 2.25. The molecule has 0 saturated carbocycles. The van der Waals surface area contributed by atoms with Crippen molar-refractivity contribution in [2.24, 2.45) is 5.92 Å². The van der Waals surface area contributed by atoms with Gasteiger partial charge in [0.15, 0.2) is 0 Å². The third-order valence-corrected chi connectivity index (χ3v) is 7.05. The first-order chi connectivity index (χ1) is 22.1. The van der Waals surface area contributed by atoms with Crippen molar-refractivity contribution in [3.05, 3.63) is 84.4 Å². The molecule has 3 aromatic carbocycles. The van der Waals surface area contributed by atoms with Crippen LogP contribution in [0.4, 0.5) is 5.69 Å². The number of carboxylic acids is 1. The Balaban J connectivity index is 1.43. The fourth-order valence-electron chi connectivity index (χ4n) is 4.50. The number of benzene rings is 3. The summed E-state index contributed by atoms with van der Waals surface area (Å²) >= 11 is 0. The lowest BCUT2D eigenvalue weighted by atomic mass is 10.1. The summed E-state index contributed by atoms with van der Waals surface area (Å²) in [5.41, 5.74) is 2.23. The van der Waals surface area contributed by atoms with Gasteiger partial charge < -0.3 is 29.4 Å². The van der Waals surface area contributed by atoms with Crippen molar-refractivity contribution in [2.45, 2.75) is 26.7 Å². The van der Waals surface area contributed by atoms with Gasteiger partial charge in [-0.05, 0) is 66.9 Å². The van der Waals surface area contributed by atoms with Crippen LogP contribution >= 0.6 is 0 Å². The molecule has 0 aliphatic carbocycles. The number of hydrogen-bond acceptors (Lipinski definition) is 8. The van der Waals surface area contributed by atoms with Gasteiger partial charge in [0, 0.05) is 35.5 Å². The molecule has 2 N–H and O–H groups in total. The number of ether oxygens (including phenoxy) is 1. The lowest BCUT2D eigenvalue weighted by Gasteiger charge is -2.28. The Bertz CT molecular complexity index is 1640. The summed E-state index contributed by atoms with van der Waals surface area (Å²) in [7, 11) is 1.47. The number of aromatic nitrogens is 2. The molecule has 240 valence electrons. The molecule has 0 aliphatic heterocycles. The number of amides is 3. The molecule has 0 atom stereocenters. The van der Waals surface area contributed by atoms with Gasteiger partial charge in [0.1, 0.15) is 12.3 Å². The molecule has 0 unspecified atom stereocenters. The number of hydrogen-bond donors (Lipinski definition) is 2. The first kappa shape index (κ1) is 33.4. The van der Waals surface area contributed by atoms with E-state index in [-0.39, 0.29) is 37.5 Å². The number of nitrogens with zero attached hydrogens (tertiary/aromatic N) is 4. The second kappa shape index (κ2) is 16.0. The van der Waals surface area contributed by atoms with E-state index in [1.165, 1.54) is 23.0 Å². The van der Waals surface area contributed by atoms with Crippen LogP contribution in [0.5, 0.6) is 5.75 Å². The largest absolute Gasteiger partial charge is 0.497 e. The van der Waals surface area contributed by atoms with Crippen LogP contribution < -0.4 is 10.1 Å². The first-order valence-corrected chi connectivity index (χ1v) is 14.8. The fraction of sp³-hybridized carbons (Fsp3) is 0.294. The molecule has 12 nitrogen and oxygen atoms in total. The SMILES string of the molecule is COc1cccc(C(=O)N(CCC(=O)O)CC(=O)N(CCC(C)C)CC(=O)Nc2ccc(-c3nnc(-c4ccccc4)o3)cc2)c1. The number of rotatable bonds is 15. The number of methoxy groups -OCH3 is 1. The van der Waals surface area contributed by atoms with E-state index in [1.54, 1.807) is 42.5 Å². The van der Waals surface area contributed by atoms with E-state index in [1.807, 2.05) is 44.2 Å². The van der Waals surface area contributed by atoms with Gasteiger partial charge in [-0.1, -0.05) is 38.1 Å². The molecule has 0 radical (unpaired) electrons. The molecule has 0 saturated heterocycles. The molecule has 1 aromatic heterocycles. The number of aliphatic carboxylic acids is 1. The molecule has 12 heteroatoms. The summed E-state index contributed by atoms with van der Waals surface area (Å²) in [6.45, 7) is 3.46. The van der Waals surface area contributed by atoms with Crippen molar-refractivity contribution in [1.82, 2.24) is 20.0 Å². The van der Waals surface area contributed by atoms with E-state index in [4.69, 9.17) is 9.15 Å². The van der Waals surface area contributed by atoms with Crippen LogP contribution in [0.2, 0.25) is 0 Å². The zero-order chi connectivity index (χ0) is 33.1. The predicted octanol–water partition coefficient (Wildman–Crippen LogP) is 4.84. The summed E-state index contributed by atoms with van der Waals surface area (Å²) in [5.74, 6) is -1.09. The normalized spacial score (nSPS) is 10.8. The highest BCUT2D eigenvalue weighted by molar-refractivity contribution is 5.98. The van der Waals surface area contributed by atoms with Gasteiger partial charge in [-0.15, -0.1) is 10.2 Å². The van der Waals surface area contributed by atoms with Crippen molar-refractivity contribution < 1.29 is 33.4 Å². The van der Waals surface area contributed by atoms with Crippen molar-refractivity contribution in [1.29, 1.82) is 0 Å². The zero-order valence-corrected chi connectivity index (χ0v) is 26.0. The smallest absolute Gasteiger partial charge is 0.305 e. The van der Waals surface area contributed by atoms with E-state index in [9.17, 15) is 24.3 Å². The standard InChI is InChI=1S/C34H37N5O7/c1-23(2)16-18-38(30(41)22-39(19-17-31(42)43)34(44)26-10-7-11-28(20-26)45-3)21-29(40)35-27-14-12-25(13-15-27)33-37-36-32(46-33)24-8-5-4-6-9-24/h4-15,20,23H,16-19,21-22H2,1-3H3,(H,35,40)(H,42,43). The molecule has 3 amide bonds. The molecular weight excluding hydrogens is 590 g/mol. The number of nitrogens with one attached hydrogen (secondary N) is 1. The molecule has 0 spiro atoms. The average molecular weight is 628 g/mol. The summed E-state index contributed by atoms with van der Waals surface area (Å²) in [6.07, 6.45) is 0.282. The van der Waals surface area contributed by atoms with Crippen molar-refractivity contribution in [3.63, 3.8) is 0 Å². The highest BCUT2D eigenvalue weighted by Gasteiger charge is 2.25. The fourth-order valence-corrected chi connectivity index (χ4v) is 4.50. The molecule has 0 bridgehead atoms. The average Bonchev–Trinajstić information content (AvgIpc) is 3.55. The van der Waals surface area contributed by atoms with Gasteiger partial charge in [0.2, 0.25) is 23.6 Å². The Morgan fingerprint density at radius 3 is 2.15 bits per heavy atom. The maximum absolute atomic E-state index is 13.5. The van der Waals surface area contributed by atoms with Gasteiger partial charge in [-0.25, -0.2) is 0 Å². The molecule has 0 aliphatic rings. The summed E-state index contributed by atoms with van der Waals surface area (Å²) in [6, 6.07) is 22.7. The third kappa shape index (κ3) is 9.49. The van der Waals surface area contributed by atoms with Gasteiger partial charge in [-0.3, -0.25) is 19.2 Å². The third-order valence-electron chi connectivity index (χ3n) is 7.05. The van der Waals surface area contributed by atoms with Crippen LogP contribution in [0, 0.1) is 5.92 Å². The highest BCUT2D eigenvalue weighted by atomic mass is 16.5. The minimum Gasteiger partial charge on any atom is -0.497 e. The van der Waals surface area contributed by atoms with Crippen LogP contribution in [0.25, 0.3) is 22.9 Å². The van der Waals surface area contributed by atoms with Crippen LogP contribution in [0.1, 0.15) is 37.0 Å². The maximum Gasteiger partial charge on any atom is 0.305 e. The number of anilines is 1. The predicted molar refractivity (Wildman–Crippen MR) is 171 cm³/mol. The maximum atomic E-state index is 13.5. The number of carbonyl (C=O) groups excluding carboxylic acids is 3. The van der Waals surface area contributed by atoms with E-state index < -0.39 is 30.2 Å². The molecule has 4 rings (SSSR count). The molecule has 46 heavy (non-hydrogen) atoms. The summed E-state index contributed by atoms with van der Waals surface area (Å²) in [4.78, 5) is 53.8. The van der Waals surface area contributed by atoms with Crippen LogP contribution in [0.15, 0.2) is 83.3 Å². The Hall–Kier alpha value is -5.52. The van der Waals surface area contributed by atoms with Crippen molar-refractivity contribution in [2.75, 3.05) is 38.6 Å². The zero-order valence-electron chi connectivity index (χ0n) is 26.0. The monoisotopic (exact) mass is 627 g/mol. The topological polar surface area (TPSA) is 155 Å². The van der Waals surface area contributed by atoms with Gasteiger partial charge in [0.25, 0.3) is 5.91 Å². The van der Waals surface area contributed by atoms with Crippen LogP contribution in [-0.2, 0) is 14.4 Å². The van der Waals surface area contributed by atoms with E-state index in [2.05, 4.69) is 15.5 Å². The second-order valence-electron chi connectivity index (χ2n) is 11.0. The molecule has 0 fully saturated rings. The van der Waals surface area contributed by atoms with E-state index in [0.29, 0.717) is 35.2 Å². The van der Waals surface area contributed by atoms with Crippen molar-refractivity contribution >= 4 is 29.4 Å². The number of carbonyl (C=O) groups is 4. The van der Waals surface area contributed by atoms with Gasteiger partial charge in [0.05, 0.1) is 20.1 Å². The van der Waals surface area contributed by atoms with Crippen molar-refractivity contribution in [3.8, 4) is 28.7 Å². The second-order valence-corrected chi connectivity index (χ2v) is 11.0. The molecular formula is C34H37N5O7. The van der Waals surface area contributed by atoms with E-state index >= 15 is 0 Å². The number of carboxylic acid groups (broad SMARTS) is 1.